The zero-order valence-electron chi connectivity index (χ0n) is 12.7. The number of carboxylic acid groups (broad SMARTS) is 1. The van der Waals surface area contributed by atoms with Crippen molar-refractivity contribution in [3.8, 4) is 0 Å². The number of likely N-dealkylation sites (tertiary alicyclic amines) is 1. The molecule has 1 amide bonds. The first kappa shape index (κ1) is 15.6. The number of carboxylic acids is 1. The summed E-state index contributed by atoms with van der Waals surface area (Å²) in [5, 5.41) is 9.01. The van der Waals surface area contributed by atoms with Crippen LogP contribution in [0.5, 0.6) is 0 Å². The largest absolute Gasteiger partial charge is 0.478 e. The Labute approximate surface area is 134 Å². The highest BCUT2D eigenvalue weighted by Crippen LogP contribution is 2.34. The minimum atomic E-state index is -0.938. The summed E-state index contributed by atoms with van der Waals surface area (Å²) in [6, 6.07) is 9.53. The Morgan fingerprint density at radius 1 is 1.22 bits per heavy atom. The Bertz CT molecular complexity index is 617. The molecular formula is C17H19NO5. The summed E-state index contributed by atoms with van der Waals surface area (Å²) in [4.78, 5) is 24.7. The van der Waals surface area contributed by atoms with E-state index in [0.717, 1.165) is 5.56 Å². The standard InChI is InChI=1S/C17H19NO5/c19-15(20)14-10-17(23-12-14)6-8-18(9-7-17)16(21)22-11-13-4-2-1-3-5-13/h1-5,10H,6-9,11-12H2,(H,19,20). The number of aliphatic carboxylic acids is 1. The van der Waals surface area contributed by atoms with Crippen LogP contribution in [0.15, 0.2) is 42.0 Å². The predicted molar refractivity (Wildman–Crippen MR) is 81.8 cm³/mol. The lowest BCUT2D eigenvalue weighted by molar-refractivity contribution is -0.133. The minimum Gasteiger partial charge on any atom is -0.478 e. The van der Waals surface area contributed by atoms with Gasteiger partial charge in [0.25, 0.3) is 0 Å². The average molecular weight is 317 g/mol. The van der Waals surface area contributed by atoms with Gasteiger partial charge in [0.15, 0.2) is 0 Å². The molecule has 0 aliphatic carbocycles. The van der Waals surface area contributed by atoms with Gasteiger partial charge in [0, 0.05) is 13.1 Å². The number of benzene rings is 1. The highest BCUT2D eigenvalue weighted by atomic mass is 16.6. The van der Waals surface area contributed by atoms with E-state index in [9.17, 15) is 9.59 Å². The molecule has 0 radical (unpaired) electrons. The fourth-order valence-electron chi connectivity index (χ4n) is 2.91. The lowest BCUT2D eigenvalue weighted by Crippen LogP contribution is -2.46. The topological polar surface area (TPSA) is 76.1 Å². The highest BCUT2D eigenvalue weighted by molar-refractivity contribution is 5.87. The van der Waals surface area contributed by atoms with Crippen LogP contribution < -0.4 is 0 Å². The molecule has 2 aliphatic heterocycles. The maximum atomic E-state index is 12.1. The number of hydrogen-bond donors (Lipinski definition) is 1. The molecule has 1 aromatic carbocycles. The molecule has 0 aromatic heterocycles. The summed E-state index contributed by atoms with van der Waals surface area (Å²) >= 11 is 0. The second-order valence-corrected chi connectivity index (χ2v) is 5.86. The number of hydrogen-bond acceptors (Lipinski definition) is 4. The highest BCUT2D eigenvalue weighted by Gasteiger charge is 2.40. The number of rotatable bonds is 3. The Morgan fingerprint density at radius 3 is 2.52 bits per heavy atom. The van der Waals surface area contributed by atoms with Gasteiger partial charge in [0.2, 0.25) is 0 Å². The van der Waals surface area contributed by atoms with Crippen molar-refractivity contribution in [3.63, 3.8) is 0 Å². The number of ether oxygens (including phenoxy) is 2. The van der Waals surface area contributed by atoms with Gasteiger partial charge in [-0.25, -0.2) is 9.59 Å². The van der Waals surface area contributed by atoms with Gasteiger partial charge in [0.1, 0.15) is 6.61 Å². The first-order chi connectivity index (χ1) is 11.1. The van der Waals surface area contributed by atoms with Gasteiger partial charge in [-0.3, -0.25) is 0 Å². The fourth-order valence-corrected chi connectivity index (χ4v) is 2.91. The molecule has 2 aliphatic rings. The molecule has 122 valence electrons. The van der Waals surface area contributed by atoms with E-state index in [2.05, 4.69) is 0 Å². The van der Waals surface area contributed by atoms with Crippen molar-refractivity contribution >= 4 is 12.1 Å². The van der Waals surface area contributed by atoms with Crippen molar-refractivity contribution in [1.29, 1.82) is 0 Å². The third-order valence-electron chi connectivity index (χ3n) is 4.30. The van der Waals surface area contributed by atoms with Crippen LogP contribution in [-0.2, 0) is 20.9 Å². The van der Waals surface area contributed by atoms with Crippen LogP contribution in [0.3, 0.4) is 0 Å². The molecule has 0 saturated carbocycles. The SMILES string of the molecule is O=C(O)C1=CC2(CCN(C(=O)OCc3ccccc3)CC2)OC1. The molecule has 6 heteroatoms. The maximum Gasteiger partial charge on any atom is 0.410 e. The molecule has 3 rings (SSSR count). The number of carbonyl (C=O) groups excluding carboxylic acids is 1. The van der Waals surface area contributed by atoms with E-state index in [1.807, 2.05) is 30.3 Å². The third kappa shape index (κ3) is 3.53. The first-order valence-electron chi connectivity index (χ1n) is 7.63. The molecule has 0 atom stereocenters. The smallest absolute Gasteiger partial charge is 0.410 e. The van der Waals surface area contributed by atoms with Gasteiger partial charge in [-0.1, -0.05) is 30.3 Å². The van der Waals surface area contributed by atoms with Crippen molar-refractivity contribution < 1.29 is 24.2 Å². The summed E-state index contributed by atoms with van der Waals surface area (Å²) in [5.74, 6) is -0.938. The molecular weight excluding hydrogens is 298 g/mol. The van der Waals surface area contributed by atoms with E-state index in [0.29, 0.717) is 31.5 Å². The molecule has 2 heterocycles. The van der Waals surface area contributed by atoms with Gasteiger partial charge in [-0.05, 0) is 24.5 Å². The van der Waals surface area contributed by atoms with Crippen LogP contribution in [0, 0.1) is 0 Å². The van der Waals surface area contributed by atoms with Crippen molar-refractivity contribution in [2.24, 2.45) is 0 Å². The summed E-state index contributed by atoms with van der Waals surface area (Å²) in [6.07, 6.45) is 2.53. The van der Waals surface area contributed by atoms with Crippen LogP contribution in [0.25, 0.3) is 0 Å². The summed E-state index contributed by atoms with van der Waals surface area (Å²) in [6.45, 7) is 1.38. The van der Waals surface area contributed by atoms with Crippen molar-refractivity contribution in [1.82, 2.24) is 4.90 Å². The lowest BCUT2D eigenvalue weighted by Gasteiger charge is -2.37. The van der Waals surface area contributed by atoms with Crippen molar-refractivity contribution in [2.45, 2.75) is 25.0 Å². The number of carbonyl (C=O) groups is 2. The van der Waals surface area contributed by atoms with E-state index < -0.39 is 11.6 Å². The molecule has 1 N–H and O–H groups in total. The monoisotopic (exact) mass is 317 g/mol. The van der Waals surface area contributed by atoms with Crippen molar-refractivity contribution in [2.75, 3.05) is 19.7 Å². The maximum absolute atomic E-state index is 12.1. The first-order valence-corrected chi connectivity index (χ1v) is 7.63. The average Bonchev–Trinajstić information content (AvgIpc) is 2.98. The zero-order chi connectivity index (χ0) is 16.3. The molecule has 0 unspecified atom stereocenters. The molecule has 1 aromatic rings. The van der Waals surface area contributed by atoms with Gasteiger partial charge < -0.3 is 19.5 Å². The summed E-state index contributed by atoms with van der Waals surface area (Å²) in [5.41, 5.74) is 0.705. The number of nitrogens with zero attached hydrogens (tertiary/aromatic N) is 1. The van der Waals surface area contributed by atoms with E-state index in [-0.39, 0.29) is 19.3 Å². The molecule has 6 nitrogen and oxygen atoms in total. The normalized spacial score (nSPS) is 19.5. The minimum absolute atomic E-state index is 0.133. The number of piperidine rings is 1. The zero-order valence-corrected chi connectivity index (χ0v) is 12.7. The van der Waals surface area contributed by atoms with Gasteiger partial charge in [0.05, 0.1) is 17.8 Å². The third-order valence-corrected chi connectivity index (χ3v) is 4.30. The molecule has 23 heavy (non-hydrogen) atoms. The van der Waals surface area contributed by atoms with Crippen LogP contribution in [0.2, 0.25) is 0 Å². The molecule has 0 bridgehead atoms. The summed E-state index contributed by atoms with van der Waals surface area (Å²) in [7, 11) is 0. The number of amides is 1. The van der Waals surface area contributed by atoms with Crippen molar-refractivity contribution in [3.05, 3.63) is 47.5 Å². The Kier molecular flexibility index (Phi) is 4.34. The Balaban J connectivity index is 1.51. The second kappa shape index (κ2) is 6.42. The van der Waals surface area contributed by atoms with E-state index >= 15 is 0 Å². The van der Waals surface area contributed by atoms with Gasteiger partial charge in [-0.2, -0.15) is 0 Å². The van der Waals surface area contributed by atoms with E-state index in [4.69, 9.17) is 14.6 Å². The van der Waals surface area contributed by atoms with Gasteiger partial charge >= 0.3 is 12.1 Å². The lowest BCUT2D eigenvalue weighted by atomic mass is 9.91. The van der Waals surface area contributed by atoms with Crippen LogP contribution in [-0.4, -0.2) is 47.4 Å². The van der Waals surface area contributed by atoms with Crippen LogP contribution in [0.1, 0.15) is 18.4 Å². The Morgan fingerprint density at radius 2 is 1.91 bits per heavy atom. The van der Waals surface area contributed by atoms with E-state index in [1.165, 1.54) is 0 Å². The quantitative estimate of drug-likeness (QED) is 0.925. The molecule has 1 spiro atoms. The molecule has 1 fully saturated rings. The Hall–Kier alpha value is -2.34. The van der Waals surface area contributed by atoms with Gasteiger partial charge in [-0.15, -0.1) is 0 Å². The predicted octanol–water partition coefficient (Wildman–Crippen LogP) is 2.20. The van der Waals surface area contributed by atoms with E-state index in [1.54, 1.807) is 11.0 Å². The summed E-state index contributed by atoms with van der Waals surface area (Å²) < 4.78 is 11.0. The second-order valence-electron chi connectivity index (χ2n) is 5.86. The van der Waals surface area contributed by atoms with Crippen LogP contribution >= 0.6 is 0 Å². The fraction of sp³-hybridized carbons (Fsp3) is 0.412. The molecule has 1 saturated heterocycles. The van der Waals surface area contributed by atoms with Crippen LogP contribution in [0.4, 0.5) is 4.79 Å².